The van der Waals surface area contributed by atoms with E-state index >= 15 is 0 Å². The van der Waals surface area contributed by atoms with Crippen molar-refractivity contribution in [3.63, 3.8) is 0 Å². The van der Waals surface area contributed by atoms with Crippen molar-refractivity contribution < 1.29 is 4.79 Å². The third-order valence-electron chi connectivity index (χ3n) is 3.58. The van der Waals surface area contributed by atoms with E-state index in [9.17, 15) is 4.79 Å². The van der Waals surface area contributed by atoms with Crippen LogP contribution in [0.2, 0.25) is 0 Å². The molecule has 18 heavy (non-hydrogen) atoms. The van der Waals surface area contributed by atoms with Crippen molar-refractivity contribution in [3.8, 4) is 0 Å². The third-order valence-corrected chi connectivity index (χ3v) is 4.50. The van der Waals surface area contributed by atoms with E-state index in [1.807, 2.05) is 11.4 Å². The second-order valence-electron chi connectivity index (χ2n) is 5.92. The number of nitrogens with one attached hydrogen (secondary N) is 2. The van der Waals surface area contributed by atoms with Gasteiger partial charge in [0.1, 0.15) is 0 Å². The average Bonchev–Trinajstić information content (AvgIpc) is 2.81. The minimum Gasteiger partial charge on any atom is -0.325 e. The van der Waals surface area contributed by atoms with E-state index in [0.717, 1.165) is 12.2 Å². The van der Waals surface area contributed by atoms with Crippen molar-refractivity contribution in [3.05, 3.63) is 16.3 Å². The number of rotatable bonds is 4. The maximum absolute atomic E-state index is 11.1. The smallest absolute Gasteiger partial charge is 0.221 e. The Balaban J connectivity index is 1.87. The third kappa shape index (κ3) is 3.56. The first-order chi connectivity index (χ1) is 8.46. The van der Waals surface area contributed by atoms with Gasteiger partial charge in [0.25, 0.3) is 0 Å². The Morgan fingerprint density at radius 1 is 1.56 bits per heavy atom. The highest BCUT2D eigenvalue weighted by Crippen LogP contribution is 2.37. The van der Waals surface area contributed by atoms with Gasteiger partial charge in [0, 0.05) is 24.4 Å². The summed E-state index contributed by atoms with van der Waals surface area (Å²) in [5, 5.41) is 8.52. The van der Waals surface area contributed by atoms with Crippen LogP contribution in [-0.4, -0.2) is 11.9 Å². The van der Waals surface area contributed by atoms with Gasteiger partial charge in [-0.1, -0.05) is 13.8 Å². The molecular weight excluding hydrogens is 244 g/mol. The molecule has 2 rings (SSSR count). The lowest BCUT2D eigenvalue weighted by atomic mass is 9.92. The molecule has 0 saturated heterocycles. The number of anilines is 1. The molecule has 1 aromatic heterocycles. The van der Waals surface area contributed by atoms with E-state index in [-0.39, 0.29) is 5.91 Å². The predicted octanol–water partition coefficient (Wildman–Crippen LogP) is 3.37. The lowest BCUT2D eigenvalue weighted by molar-refractivity contribution is -0.114. The molecule has 0 aliphatic heterocycles. The summed E-state index contributed by atoms with van der Waals surface area (Å²) in [6, 6.07) is 2.59. The van der Waals surface area contributed by atoms with Gasteiger partial charge in [-0.3, -0.25) is 4.79 Å². The van der Waals surface area contributed by atoms with Crippen molar-refractivity contribution in [1.82, 2.24) is 5.32 Å². The summed E-state index contributed by atoms with van der Waals surface area (Å²) >= 11 is 1.70. The van der Waals surface area contributed by atoms with Crippen LogP contribution < -0.4 is 10.6 Å². The summed E-state index contributed by atoms with van der Waals surface area (Å²) in [6.07, 6.45) is 3.80. The van der Waals surface area contributed by atoms with Gasteiger partial charge in [0.2, 0.25) is 5.91 Å². The van der Waals surface area contributed by atoms with E-state index in [4.69, 9.17) is 0 Å². The normalized spacial score (nSPS) is 22.1. The minimum absolute atomic E-state index is 0.00310. The van der Waals surface area contributed by atoms with E-state index in [1.165, 1.54) is 24.1 Å². The molecule has 3 nitrogen and oxygen atoms in total. The summed E-state index contributed by atoms with van der Waals surface area (Å²) in [5.41, 5.74) is 1.44. The summed E-state index contributed by atoms with van der Waals surface area (Å²) < 4.78 is 0. The van der Waals surface area contributed by atoms with Gasteiger partial charge in [0.05, 0.1) is 5.69 Å². The molecule has 0 spiro atoms. The van der Waals surface area contributed by atoms with Crippen molar-refractivity contribution in [1.29, 1.82) is 0 Å². The van der Waals surface area contributed by atoms with Crippen molar-refractivity contribution >= 4 is 22.9 Å². The van der Waals surface area contributed by atoms with Gasteiger partial charge in [0.15, 0.2) is 0 Å². The van der Waals surface area contributed by atoms with Crippen LogP contribution >= 0.6 is 11.3 Å². The van der Waals surface area contributed by atoms with Crippen LogP contribution in [0.5, 0.6) is 0 Å². The van der Waals surface area contributed by atoms with Crippen molar-refractivity contribution in [2.45, 2.75) is 52.6 Å². The zero-order chi connectivity index (χ0) is 13.2. The first-order valence-corrected chi connectivity index (χ1v) is 7.41. The second-order valence-corrected chi connectivity index (χ2v) is 6.92. The molecule has 1 unspecified atom stereocenters. The summed E-state index contributed by atoms with van der Waals surface area (Å²) in [6.45, 7) is 7.08. The Bertz CT molecular complexity index is 425. The molecule has 0 bridgehead atoms. The molecule has 0 aromatic carbocycles. The number of carbonyl (C=O) groups excluding carboxylic acids is 1. The van der Waals surface area contributed by atoms with Crippen LogP contribution in [0, 0.1) is 5.41 Å². The number of hydrogen-bond donors (Lipinski definition) is 2. The average molecular weight is 266 g/mol. The Morgan fingerprint density at radius 3 is 2.94 bits per heavy atom. The van der Waals surface area contributed by atoms with Crippen LogP contribution in [0.15, 0.2) is 11.4 Å². The number of hydrogen-bond acceptors (Lipinski definition) is 3. The van der Waals surface area contributed by atoms with E-state index in [1.54, 1.807) is 18.3 Å². The lowest BCUT2D eigenvalue weighted by Crippen LogP contribution is -2.26. The van der Waals surface area contributed by atoms with E-state index in [2.05, 4.69) is 24.5 Å². The summed E-state index contributed by atoms with van der Waals surface area (Å²) in [4.78, 5) is 12.3. The van der Waals surface area contributed by atoms with Gasteiger partial charge < -0.3 is 10.6 Å². The fourth-order valence-corrected chi connectivity index (χ4v) is 3.41. The van der Waals surface area contributed by atoms with Crippen molar-refractivity contribution in [2.75, 3.05) is 5.32 Å². The summed E-state index contributed by atoms with van der Waals surface area (Å²) in [5.74, 6) is -0.00310. The van der Waals surface area contributed by atoms with Gasteiger partial charge in [-0.15, -0.1) is 11.3 Å². The standard InChI is InChI=1S/C14H22N2OS/c1-10(17)16-12-5-7-18-13(12)9-15-11-4-6-14(2,3)8-11/h5,7,11,15H,4,6,8-9H2,1-3H3,(H,16,17). The van der Waals surface area contributed by atoms with Gasteiger partial charge >= 0.3 is 0 Å². The molecule has 2 N–H and O–H groups in total. The highest BCUT2D eigenvalue weighted by atomic mass is 32.1. The highest BCUT2D eigenvalue weighted by molar-refractivity contribution is 7.10. The largest absolute Gasteiger partial charge is 0.325 e. The molecule has 1 saturated carbocycles. The zero-order valence-corrected chi connectivity index (χ0v) is 12.2. The Hall–Kier alpha value is -0.870. The maximum atomic E-state index is 11.1. The van der Waals surface area contributed by atoms with Gasteiger partial charge in [-0.2, -0.15) is 0 Å². The number of amides is 1. The van der Waals surface area contributed by atoms with Crippen LogP contribution in [0.3, 0.4) is 0 Å². The van der Waals surface area contributed by atoms with Crippen LogP contribution in [-0.2, 0) is 11.3 Å². The molecule has 1 heterocycles. The number of carbonyl (C=O) groups is 1. The van der Waals surface area contributed by atoms with Crippen LogP contribution in [0.25, 0.3) is 0 Å². The monoisotopic (exact) mass is 266 g/mol. The Kier molecular flexibility index (Phi) is 4.07. The highest BCUT2D eigenvalue weighted by Gasteiger charge is 2.30. The Morgan fingerprint density at radius 2 is 2.33 bits per heavy atom. The first-order valence-electron chi connectivity index (χ1n) is 6.54. The minimum atomic E-state index is -0.00310. The molecule has 1 atom stereocenters. The molecule has 100 valence electrons. The molecular formula is C14H22N2OS. The molecule has 0 radical (unpaired) electrons. The zero-order valence-electron chi connectivity index (χ0n) is 11.4. The van der Waals surface area contributed by atoms with E-state index in [0.29, 0.717) is 11.5 Å². The predicted molar refractivity (Wildman–Crippen MR) is 76.9 cm³/mol. The molecule has 1 aliphatic rings. The fourth-order valence-electron chi connectivity index (χ4n) is 2.63. The van der Waals surface area contributed by atoms with Gasteiger partial charge in [-0.25, -0.2) is 0 Å². The lowest BCUT2D eigenvalue weighted by Gasteiger charge is -2.18. The Labute approximate surface area is 113 Å². The second kappa shape index (κ2) is 5.41. The topological polar surface area (TPSA) is 41.1 Å². The van der Waals surface area contributed by atoms with Gasteiger partial charge in [-0.05, 0) is 36.1 Å². The number of thiophene rings is 1. The molecule has 1 aromatic rings. The van der Waals surface area contributed by atoms with Crippen molar-refractivity contribution in [2.24, 2.45) is 5.41 Å². The maximum Gasteiger partial charge on any atom is 0.221 e. The molecule has 4 heteroatoms. The molecule has 1 fully saturated rings. The first kappa shape index (κ1) is 13.6. The van der Waals surface area contributed by atoms with Crippen LogP contribution in [0.4, 0.5) is 5.69 Å². The fraction of sp³-hybridized carbons (Fsp3) is 0.643. The van der Waals surface area contributed by atoms with Crippen LogP contribution in [0.1, 0.15) is 44.9 Å². The quantitative estimate of drug-likeness (QED) is 0.877. The van der Waals surface area contributed by atoms with E-state index < -0.39 is 0 Å². The molecule has 1 amide bonds. The SMILES string of the molecule is CC(=O)Nc1ccsc1CNC1CCC(C)(C)C1. The summed E-state index contributed by atoms with van der Waals surface area (Å²) in [7, 11) is 0. The molecule has 1 aliphatic carbocycles.